The van der Waals surface area contributed by atoms with Crippen LogP contribution >= 0.6 is 0 Å². The molecule has 1 saturated heterocycles. The highest BCUT2D eigenvalue weighted by atomic mass is 16.5. The van der Waals surface area contributed by atoms with E-state index in [0.29, 0.717) is 6.04 Å². The predicted molar refractivity (Wildman–Crippen MR) is 77.7 cm³/mol. The molecule has 0 amide bonds. The Morgan fingerprint density at radius 3 is 2.90 bits per heavy atom. The average Bonchev–Trinajstić information content (AvgIpc) is 2.85. The summed E-state index contributed by atoms with van der Waals surface area (Å²) in [5, 5.41) is 7.45. The number of ether oxygens (including phenoxy) is 1. The summed E-state index contributed by atoms with van der Waals surface area (Å²) in [5.41, 5.74) is 6.13. The lowest BCUT2D eigenvalue weighted by molar-refractivity contribution is -0.0720. The Hall–Kier alpha value is -1.14. The van der Waals surface area contributed by atoms with Crippen LogP contribution in [-0.2, 0) is 11.2 Å². The summed E-state index contributed by atoms with van der Waals surface area (Å²) in [6.45, 7) is 3.14. The van der Waals surface area contributed by atoms with Crippen molar-refractivity contribution < 1.29 is 4.74 Å². The van der Waals surface area contributed by atoms with Crippen LogP contribution < -0.4 is 10.6 Å². The van der Waals surface area contributed by atoms with Gasteiger partial charge < -0.3 is 15.4 Å². The first-order valence-electron chi connectivity index (χ1n) is 7.62. The fraction of sp³-hybridized carbons (Fsp3) is 0.857. The highest BCUT2D eigenvalue weighted by molar-refractivity contribution is 5.32. The van der Waals surface area contributed by atoms with Crippen molar-refractivity contribution in [3.63, 3.8) is 0 Å². The van der Waals surface area contributed by atoms with Crippen molar-refractivity contribution in [3.05, 3.63) is 5.82 Å². The lowest BCUT2D eigenvalue weighted by Gasteiger charge is -2.39. The van der Waals surface area contributed by atoms with Crippen molar-refractivity contribution in [1.82, 2.24) is 15.2 Å². The second-order valence-corrected chi connectivity index (χ2v) is 6.24. The maximum Gasteiger partial charge on any atom is 0.244 e. The number of nitrogens with one attached hydrogen (secondary N) is 1. The van der Waals surface area contributed by atoms with Gasteiger partial charge in [0, 0.05) is 32.2 Å². The highest BCUT2D eigenvalue weighted by Gasteiger charge is 2.38. The number of anilines is 1. The van der Waals surface area contributed by atoms with E-state index >= 15 is 0 Å². The van der Waals surface area contributed by atoms with Gasteiger partial charge in [-0.1, -0.05) is 0 Å². The van der Waals surface area contributed by atoms with Crippen molar-refractivity contribution in [1.29, 1.82) is 0 Å². The van der Waals surface area contributed by atoms with Gasteiger partial charge in [0.25, 0.3) is 0 Å². The van der Waals surface area contributed by atoms with Gasteiger partial charge in [0.1, 0.15) is 5.82 Å². The first kappa shape index (κ1) is 13.8. The number of nitrogens with two attached hydrogens (primary N) is 1. The van der Waals surface area contributed by atoms with E-state index < -0.39 is 0 Å². The van der Waals surface area contributed by atoms with Crippen LogP contribution in [0.1, 0.15) is 44.9 Å². The molecule has 0 spiro atoms. The fourth-order valence-electron chi connectivity index (χ4n) is 3.28. The van der Waals surface area contributed by atoms with E-state index in [1.54, 1.807) is 7.11 Å². The van der Waals surface area contributed by atoms with Crippen molar-refractivity contribution in [2.45, 2.75) is 63.1 Å². The number of nitrogens with zero attached hydrogens (tertiary/aromatic N) is 3. The molecule has 112 valence electrons. The summed E-state index contributed by atoms with van der Waals surface area (Å²) >= 11 is 0. The van der Waals surface area contributed by atoms with Gasteiger partial charge in [-0.2, -0.15) is 4.98 Å². The zero-order valence-electron chi connectivity index (χ0n) is 12.4. The van der Waals surface area contributed by atoms with Gasteiger partial charge in [-0.25, -0.2) is 0 Å². The third kappa shape index (κ3) is 2.42. The van der Waals surface area contributed by atoms with Crippen LogP contribution in [0.3, 0.4) is 0 Å². The van der Waals surface area contributed by atoms with Crippen LogP contribution in [0.25, 0.3) is 0 Å². The molecular formula is C14H25N5O. The molecule has 2 heterocycles. The molecule has 0 aromatic carbocycles. The second kappa shape index (κ2) is 5.33. The first-order valence-corrected chi connectivity index (χ1v) is 7.62. The molecule has 6 nitrogen and oxygen atoms in total. The Bertz CT molecular complexity index is 451. The molecule has 2 unspecified atom stereocenters. The second-order valence-electron chi connectivity index (χ2n) is 6.24. The lowest BCUT2D eigenvalue weighted by atomic mass is 9.77. The van der Waals surface area contributed by atoms with E-state index in [9.17, 15) is 0 Å². The monoisotopic (exact) mass is 279 g/mol. The van der Waals surface area contributed by atoms with E-state index in [1.165, 1.54) is 6.42 Å². The maximum atomic E-state index is 6.14. The number of hydrogen-bond donors (Lipinski definition) is 2. The molecule has 0 bridgehead atoms. The SMILES string of the molecule is COC1(Cc2nc(N3CCCC(N)C3C)n[nH]2)CCC1. The molecule has 1 saturated carbocycles. The number of rotatable bonds is 4. The van der Waals surface area contributed by atoms with Gasteiger partial charge in [0.2, 0.25) is 5.95 Å². The van der Waals surface area contributed by atoms with E-state index in [4.69, 9.17) is 10.5 Å². The van der Waals surface area contributed by atoms with E-state index in [1.807, 2.05) is 0 Å². The van der Waals surface area contributed by atoms with Crippen LogP contribution in [-0.4, -0.2) is 46.5 Å². The Kier molecular flexibility index (Phi) is 3.69. The van der Waals surface area contributed by atoms with Crippen LogP contribution in [0.15, 0.2) is 0 Å². The van der Waals surface area contributed by atoms with Crippen LogP contribution in [0.2, 0.25) is 0 Å². The molecule has 0 radical (unpaired) electrons. The minimum atomic E-state index is -0.0132. The van der Waals surface area contributed by atoms with Crippen molar-refractivity contribution in [3.8, 4) is 0 Å². The third-order valence-corrected chi connectivity index (χ3v) is 5.01. The van der Waals surface area contributed by atoms with Gasteiger partial charge in [-0.3, -0.25) is 5.10 Å². The standard InChI is InChI=1S/C14H25N5O/c1-10-11(15)5-3-8-19(10)13-16-12(17-18-13)9-14(20-2)6-4-7-14/h10-11H,3-9,15H2,1-2H3,(H,16,17,18). The summed E-state index contributed by atoms with van der Waals surface area (Å²) in [7, 11) is 1.79. The maximum absolute atomic E-state index is 6.14. The first-order chi connectivity index (χ1) is 9.63. The van der Waals surface area contributed by atoms with E-state index in [0.717, 1.165) is 50.4 Å². The third-order valence-electron chi connectivity index (χ3n) is 5.01. The highest BCUT2D eigenvalue weighted by Crippen LogP contribution is 2.37. The van der Waals surface area contributed by atoms with Gasteiger partial charge in [0.05, 0.1) is 5.60 Å². The van der Waals surface area contributed by atoms with Crippen LogP contribution in [0.5, 0.6) is 0 Å². The molecule has 1 aliphatic carbocycles. The number of methoxy groups -OCH3 is 1. The lowest BCUT2D eigenvalue weighted by Crippen LogP contribution is -2.51. The van der Waals surface area contributed by atoms with Gasteiger partial charge >= 0.3 is 0 Å². The summed E-state index contributed by atoms with van der Waals surface area (Å²) in [5.74, 6) is 1.71. The summed E-state index contributed by atoms with van der Waals surface area (Å²) in [6, 6.07) is 0.509. The largest absolute Gasteiger partial charge is 0.378 e. The predicted octanol–water partition coefficient (Wildman–Crippen LogP) is 1.23. The topological polar surface area (TPSA) is 80.1 Å². The zero-order chi connectivity index (χ0) is 14.2. The molecule has 3 N–H and O–H groups in total. The minimum Gasteiger partial charge on any atom is -0.378 e. The molecule has 1 aromatic heterocycles. The minimum absolute atomic E-state index is 0.0132. The summed E-state index contributed by atoms with van der Waals surface area (Å²) in [4.78, 5) is 6.87. The van der Waals surface area contributed by atoms with Crippen LogP contribution in [0, 0.1) is 0 Å². The van der Waals surface area contributed by atoms with Crippen molar-refractivity contribution in [2.24, 2.45) is 5.73 Å². The number of H-pyrrole nitrogens is 1. The van der Waals surface area contributed by atoms with Gasteiger partial charge in [-0.05, 0) is 39.0 Å². The Labute approximate surface area is 120 Å². The normalized spacial score (nSPS) is 29.2. The summed E-state index contributed by atoms with van der Waals surface area (Å²) in [6.07, 6.45) is 6.49. The molecule has 2 atom stereocenters. The van der Waals surface area contributed by atoms with E-state index in [2.05, 4.69) is 27.0 Å². The molecule has 6 heteroatoms. The van der Waals surface area contributed by atoms with Crippen molar-refractivity contribution >= 4 is 5.95 Å². The Morgan fingerprint density at radius 2 is 2.25 bits per heavy atom. The molecule has 1 aromatic rings. The fourth-order valence-corrected chi connectivity index (χ4v) is 3.28. The molecular weight excluding hydrogens is 254 g/mol. The Balaban J connectivity index is 1.70. The number of aromatic nitrogens is 3. The molecule has 2 aliphatic rings. The van der Waals surface area contributed by atoms with E-state index in [-0.39, 0.29) is 11.6 Å². The number of hydrogen-bond acceptors (Lipinski definition) is 5. The summed E-state index contributed by atoms with van der Waals surface area (Å²) < 4.78 is 5.65. The average molecular weight is 279 g/mol. The van der Waals surface area contributed by atoms with Gasteiger partial charge in [-0.15, -0.1) is 5.10 Å². The quantitative estimate of drug-likeness (QED) is 0.866. The molecule has 3 rings (SSSR count). The zero-order valence-corrected chi connectivity index (χ0v) is 12.4. The smallest absolute Gasteiger partial charge is 0.244 e. The Morgan fingerprint density at radius 1 is 1.45 bits per heavy atom. The number of aromatic amines is 1. The molecule has 2 fully saturated rings. The van der Waals surface area contributed by atoms with Crippen LogP contribution in [0.4, 0.5) is 5.95 Å². The number of piperidine rings is 1. The molecule has 20 heavy (non-hydrogen) atoms. The molecule has 1 aliphatic heterocycles. The van der Waals surface area contributed by atoms with Gasteiger partial charge in [0.15, 0.2) is 0 Å². The van der Waals surface area contributed by atoms with Crippen molar-refractivity contribution in [2.75, 3.05) is 18.6 Å².